The molecule has 1 atom stereocenters. The van der Waals surface area contributed by atoms with Gasteiger partial charge in [0.25, 0.3) is 0 Å². The number of hydrogen-bond donors (Lipinski definition) is 1. The highest BCUT2D eigenvalue weighted by Gasteiger charge is 2.23. The number of tetrazole rings is 1. The summed E-state index contributed by atoms with van der Waals surface area (Å²) < 4.78 is 1.45. The van der Waals surface area contributed by atoms with Gasteiger partial charge >= 0.3 is 0 Å². The van der Waals surface area contributed by atoms with Crippen molar-refractivity contribution in [1.29, 1.82) is 0 Å². The monoisotopic (exact) mass is 322 g/mol. The summed E-state index contributed by atoms with van der Waals surface area (Å²) in [6, 6.07) is 10.8. The Bertz CT molecular complexity index is 816. The minimum absolute atomic E-state index is 0.173. The third-order valence-electron chi connectivity index (χ3n) is 3.80. The molecule has 24 heavy (non-hydrogen) atoms. The second kappa shape index (κ2) is 6.99. The van der Waals surface area contributed by atoms with Gasteiger partial charge < -0.3 is 5.32 Å². The van der Waals surface area contributed by atoms with Crippen LogP contribution in [0.15, 0.2) is 48.9 Å². The fourth-order valence-corrected chi connectivity index (χ4v) is 2.54. The molecule has 7 heteroatoms. The van der Waals surface area contributed by atoms with E-state index in [-0.39, 0.29) is 5.91 Å². The fourth-order valence-electron chi connectivity index (χ4n) is 2.54. The van der Waals surface area contributed by atoms with Crippen LogP contribution in [0.2, 0.25) is 0 Å². The lowest BCUT2D eigenvalue weighted by Gasteiger charge is -2.17. The van der Waals surface area contributed by atoms with E-state index in [0.29, 0.717) is 6.54 Å². The van der Waals surface area contributed by atoms with Crippen LogP contribution in [-0.2, 0) is 11.3 Å². The first-order valence-electron chi connectivity index (χ1n) is 7.62. The Kier molecular flexibility index (Phi) is 4.60. The first kappa shape index (κ1) is 15.8. The van der Waals surface area contributed by atoms with Gasteiger partial charge in [0, 0.05) is 18.4 Å². The van der Waals surface area contributed by atoms with Gasteiger partial charge in [0.1, 0.15) is 6.33 Å². The maximum atomic E-state index is 12.7. The van der Waals surface area contributed by atoms with Crippen LogP contribution in [0.4, 0.5) is 0 Å². The zero-order valence-corrected chi connectivity index (χ0v) is 13.5. The average Bonchev–Trinajstić information content (AvgIpc) is 3.09. The van der Waals surface area contributed by atoms with Crippen LogP contribution in [-0.4, -0.2) is 31.1 Å². The molecular formula is C17H18N6O. The maximum Gasteiger partial charge on any atom is 0.249 e. The van der Waals surface area contributed by atoms with Crippen LogP contribution in [0.3, 0.4) is 0 Å². The number of pyridine rings is 1. The van der Waals surface area contributed by atoms with Crippen molar-refractivity contribution in [2.75, 3.05) is 0 Å². The number of rotatable bonds is 5. The lowest BCUT2D eigenvalue weighted by Crippen LogP contribution is -2.33. The van der Waals surface area contributed by atoms with Gasteiger partial charge in [0.15, 0.2) is 6.04 Å². The zero-order valence-electron chi connectivity index (χ0n) is 13.5. The van der Waals surface area contributed by atoms with Gasteiger partial charge in [-0.3, -0.25) is 9.78 Å². The molecule has 3 rings (SSSR count). The molecule has 0 saturated carbocycles. The summed E-state index contributed by atoms with van der Waals surface area (Å²) in [5.41, 5.74) is 3.86. The van der Waals surface area contributed by atoms with Crippen molar-refractivity contribution in [3.63, 3.8) is 0 Å². The second-order valence-corrected chi connectivity index (χ2v) is 5.57. The predicted molar refractivity (Wildman–Crippen MR) is 88.0 cm³/mol. The minimum Gasteiger partial charge on any atom is -0.350 e. The molecule has 2 aromatic heterocycles. The van der Waals surface area contributed by atoms with E-state index in [4.69, 9.17) is 0 Å². The Hall–Kier alpha value is -3.09. The molecule has 0 fully saturated rings. The summed E-state index contributed by atoms with van der Waals surface area (Å²) in [4.78, 5) is 17.0. The number of carbonyl (C=O) groups excluding carboxylic acids is 1. The minimum atomic E-state index is -0.611. The van der Waals surface area contributed by atoms with E-state index in [1.807, 2.05) is 50.2 Å². The molecule has 0 radical (unpaired) electrons. The number of hydrogen-bond acceptors (Lipinski definition) is 5. The van der Waals surface area contributed by atoms with Crippen molar-refractivity contribution in [2.24, 2.45) is 0 Å². The Morgan fingerprint density at radius 3 is 2.71 bits per heavy atom. The third kappa shape index (κ3) is 3.45. The summed E-state index contributed by atoms with van der Waals surface area (Å²) in [5, 5.41) is 14.1. The molecule has 1 N–H and O–H groups in total. The van der Waals surface area contributed by atoms with E-state index in [1.54, 1.807) is 6.20 Å². The number of aromatic nitrogens is 5. The average molecular weight is 322 g/mol. The molecule has 122 valence electrons. The quantitative estimate of drug-likeness (QED) is 0.771. The fraction of sp³-hybridized carbons (Fsp3) is 0.235. The lowest BCUT2D eigenvalue weighted by molar-refractivity contribution is -0.123. The van der Waals surface area contributed by atoms with Crippen molar-refractivity contribution in [2.45, 2.75) is 26.4 Å². The lowest BCUT2D eigenvalue weighted by atomic mass is 10.1. The Morgan fingerprint density at radius 2 is 2.04 bits per heavy atom. The number of aryl methyl sites for hydroxylation is 2. The highest BCUT2D eigenvalue weighted by molar-refractivity contribution is 5.83. The van der Waals surface area contributed by atoms with Crippen LogP contribution in [0, 0.1) is 13.8 Å². The number of amides is 1. The maximum absolute atomic E-state index is 12.7. The number of carbonyl (C=O) groups is 1. The largest absolute Gasteiger partial charge is 0.350 e. The molecule has 2 heterocycles. The van der Waals surface area contributed by atoms with Gasteiger partial charge in [-0.15, -0.1) is 5.10 Å². The number of benzene rings is 1. The van der Waals surface area contributed by atoms with Crippen molar-refractivity contribution in [3.8, 4) is 0 Å². The van der Waals surface area contributed by atoms with E-state index in [0.717, 1.165) is 22.4 Å². The summed E-state index contributed by atoms with van der Waals surface area (Å²) >= 11 is 0. The summed E-state index contributed by atoms with van der Waals surface area (Å²) in [6.45, 7) is 4.36. The Balaban J connectivity index is 1.79. The molecule has 1 amide bonds. The van der Waals surface area contributed by atoms with E-state index < -0.39 is 6.04 Å². The second-order valence-electron chi connectivity index (χ2n) is 5.57. The molecule has 0 aliphatic carbocycles. The normalized spacial score (nSPS) is 11.9. The third-order valence-corrected chi connectivity index (χ3v) is 3.80. The molecule has 7 nitrogen and oxygen atoms in total. The summed E-state index contributed by atoms with van der Waals surface area (Å²) in [5.74, 6) is -0.173. The summed E-state index contributed by atoms with van der Waals surface area (Å²) in [6.07, 6.45) is 3.23. The topological polar surface area (TPSA) is 85.6 Å². The van der Waals surface area contributed by atoms with Crippen molar-refractivity contribution < 1.29 is 4.79 Å². The SMILES string of the molecule is Cc1cc(C)c(CNC(=O)[C@@H](c2ccccc2)n2cnnn2)cn1. The summed E-state index contributed by atoms with van der Waals surface area (Å²) in [7, 11) is 0. The highest BCUT2D eigenvalue weighted by Crippen LogP contribution is 2.17. The van der Waals surface area contributed by atoms with Crippen LogP contribution in [0.5, 0.6) is 0 Å². The molecule has 0 aliphatic heterocycles. The van der Waals surface area contributed by atoms with E-state index >= 15 is 0 Å². The van der Waals surface area contributed by atoms with Crippen molar-refractivity contribution >= 4 is 5.91 Å². The molecule has 0 saturated heterocycles. The van der Waals surface area contributed by atoms with Gasteiger partial charge in [-0.05, 0) is 47.0 Å². The smallest absolute Gasteiger partial charge is 0.249 e. The molecule has 0 bridgehead atoms. The van der Waals surface area contributed by atoms with Gasteiger partial charge in [-0.1, -0.05) is 30.3 Å². The van der Waals surface area contributed by atoms with Crippen LogP contribution in [0.1, 0.15) is 28.4 Å². The standard InChI is InChI=1S/C17H18N6O/c1-12-8-13(2)18-9-15(12)10-19-17(24)16(23-11-20-21-22-23)14-6-4-3-5-7-14/h3-9,11,16H,10H2,1-2H3,(H,19,24)/t16-/m1/s1. The van der Waals surface area contributed by atoms with Gasteiger partial charge in [0.05, 0.1) is 0 Å². The van der Waals surface area contributed by atoms with E-state index in [9.17, 15) is 4.79 Å². The Labute approximate surface area is 139 Å². The first-order chi connectivity index (χ1) is 11.6. The zero-order chi connectivity index (χ0) is 16.9. The predicted octanol–water partition coefficient (Wildman–Crippen LogP) is 1.59. The van der Waals surface area contributed by atoms with Gasteiger partial charge in [0.2, 0.25) is 5.91 Å². The number of nitrogens with one attached hydrogen (secondary N) is 1. The highest BCUT2D eigenvalue weighted by atomic mass is 16.2. The van der Waals surface area contributed by atoms with Gasteiger partial charge in [-0.2, -0.15) is 0 Å². The molecule has 0 spiro atoms. The number of nitrogens with zero attached hydrogens (tertiary/aromatic N) is 5. The van der Waals surface area contributed by atoms with E-state index in [1.165, 1.54) is 11.0 Å². The molecule has 0 unspecified atom stereocenters. The van der Waals surface area contributed by atoms with Crippen LogP contribution >= 0.6 is 0 Å². The molecule has 3 aromatic rings. The van der Waals surface area contributed by atoms with Gasteiger partial charge in [-0.25, -0.2) is 4.68 Å². The van der Waals surface area contributed by atoms with Crippen molar-refractivity contribution in [3.05, 3.63) is 71.3 Å². The molecule has 1 aromatic carbocycles. The first-order valence-corrected chi connectivity index (χ1v) is 7.62. The van der Waals surface area contributed by atoms with E-state index in [2.05, 4.69) is 25.8 Å². The molecular weight excluding hydrogens is 304 g/mol. The van der Waals surface area contributed by atoms with Crippen LogP contribution < -0.4 is 5.32 Å². The Morgan fingerprint density at radius 1 is 1.25 bits per heavy atom. The van der Waals surface area contributed by atoms with Crippen molar-refractivity contribution in [1.82, 2.24) is 30.5 Å². The molecule has 0 aliphatic rings. The van der Waals surface area contributed by atoms with Crippen LogP contribution in [0.25, 0.3) is 0 Å².